The Labute approximate surface area is 114 Å². The number of rotatable bonds is 5. The highest BCUT2D eigenvalue weighted by molar-refractivity contribution is 5.84. The van der Waals surface area contributed by atoms with Gasteiger partial charge < -0.3 is 15.6 Å². The van der Waals surface area contributed by atoms with E-state index in [1.807, 2.05) is 13.3 Å². The van der Waals surface area contributed by atoms with Crippen LogP contribution < -0.4 is 11.1 Å². The average molecular weight is 264 g/mol. The maximum absolute atomic E-state index is 11.6. The number of nitrogens with zero attached hydrogens (tertiary/aromatic N) is 2. The summed E-state index contributed by atoms with van der Waals surface area (Å²) in [6, 6.07) is 0.208. The maximum atomic E-state index is 11.6. The number of carbonyl (C=O) groups excluding carboxylic acids is 1. The lowest BCUT2D eigenvalue weighted by molar-refractivity contribution is -0.124. The Hall–Kier alpha value is -1.36. The van der Waals surface area contributed by atoms with Crippen LogP contribution in [0.2, 0.25) is 0 Å². The minimum Gasteiger partial charge on any atom is -0.368 e. The Morgan fingerprint density at radius 3 is 2.89 bits per heavy atom. The fraction of sp³-hybridized carbons (Fsp3) is 0.714. The lowest BCUT2D eigenvalue weighted by Gasteiger charge is -2.30. The number of carbonyl (C=O) groups is 1. The first-order valence-electron chi connectivity index (χ1n) is 7.01. The molecule has 0 saturated heterocycles. The van der Waals surface area contributed by atoms with E-state index in [-0.39, 0.29) is 11.9 Å². The Morgan fingerprint density at radius 1 is 1.58 bits per heavy atom. The number of primary amides is 1. The van der Waals surface area contributed by atoms with Crippen LogP contribution in [0.15, 0.2) is 6.33 Å². The number of nitrogens with one attached hydrogen (secondary N) is 1. The van der Waals surface area contributed by atoms with Crippen molar-refractivity contribution in [2.24, 2.45) is 5.73 Å². The molecular weight excluding hydrogens is 240 g/mol. The van der Waals surface area contributed by atoms with Gasteiger partial charge in [0.15, 0.2) is 0 Å². The van der Waals surface area contributed by atoms with Gasteiger partial charge in [0.25, 0.3) is 0 Å². The highest BCUT2D eigenvalue weighted by Gasteiger charge is 2.32. The van der Waals surface area contributed by atoms with Gasteiger partial charge in [-0.1, -0.05) is 0 Å². The van der Waals surface area contributed by atoms with Gasteiger partial charge in [-0.3, -0.25) is 4.79 Å². The molecule has 0 fully saturated rings. The number of nitrogens with two attached hydrogens (primary N) is 1. The molecule has 0 saturated carbocycles. The molecule has 2 atom stereocenters. The molecular formula is C14H24N4O. The molecule has 106 valence electrons. The third-order valence-corrected chi connectivity index (χ3v) is 4.33. The van der Waals surface area contributed by atoms with Crippen molar-refractivity contribution in [2.45, 2.75) is 57.5 Å². The first kappa shape index (κ1) is 14.1. The summed E-state index contributed by atoms with van der Waals surface area (Å²) < 4.78 is 2.22. The first-order chi connectivity index (χ1) is 8.98. The predicted octanol–water partition coefficient (Wildman–Crippen LogP) is 1.18. The molecule has 5 heteroatoms. The van der Waals surface area contributed by atoms with E-state index < -0.39 is 5.54 Å². The van der Waals surface area contributed by atoms with Crippen molar-refractivity contribution in [3.05, 3.63) is 17.7 Å². The van der Waals surface area contributed by atoms with Crippen LogP contribution in [0.3, 0.4) is 0 Å². The minimum absolute atomic E-state index is 0.208. The van der Waals surface area contributed by atoms with Crippen LogP contribution in [0, 0.1) is 0 Å². The monoisotopic (exact) mass is 264 g/mol. The van der Waals surface area contributed by atoms with Crippen LogP contribution in [0.5, 0.6) is 0 Å². The summed E-state index contributed by atoms with van der Waals surface area (Å²) in [5.74, 6) is -0.309. The molecule has 1 heterocycles. The van der Waals surface area contributed by atoms with Crippen molar-refractivity contribution >= 4 is 5.91 Å². The zero-order valence-corrected chi connectivity index (χ0v) is 12.1. The van der Waals surface area contributed by atoms with Crippen molar-refractivity contribution in [2.75, 3.05) is 7.05 Å². The van der Waals surface area contributed by atoms with Gasteiger partial charge in [-0.25, -0.2) is 4.98 Å². The Balaban J connectivity index is 2.18. The average Bonchev–Trinajstić information content (AvgIpc) is 2.82. The third kappa shape index (κ3) is 2.66. The summed E-state index contributed by atoms with van der Waals surface area (Å²) in [5, 5.41) is 3.04. The van der Waals surface area contributed by atoms with Gasteiger partial charge in [-0.15, -0.1) is 0 Å². The molecule has 1 aliphatic rings. The van der Waals surface area contributed by atoms with Crippen molar-refractivity contribution < 1.29 is 4.79 Å². The third-order valence-electron chi connectivity index (χ3n) is 4.33. The molecule has 0 spiro atoms. The van der Waals surface area contributed by atoms with Gasteiger partial charge in [0.05, 0.1) is 17.6 Å². The van der Waals surface area contributed by atoms with Crippen LogP contribution in [0.1, 0.15) is 50.5 Å². The molecule has 5 nitrogen and oxygen atoms in total. The fourth-order valence-electron chi connectivity index (χ4n) is 2.89. The second-order valence-corrected chi connectivity index (χ2v) is 5.75. The molecule has 0 bridgehead atoms. The van der Waals surface area contributed by atoms with Crippen molar-refractivity contribution in [1.82, 2.24) is 14.9 Å². The Kier molecular flexibility index (Phi) is 3.94. The number of aryl methyl sites for hydroxylation is 1. The number of fused-ring (bicyclic) bond motifs is 1. The van der Waals surface area contributed by atoms with Gasteiger partial charge in [-0.05, 0) is 53.0 Å². The quantitative estimate of drug-likeness (QED) is 0.838. The number of likely N-dealkylation sites (N-methyl/N-ethyl adjacent to an activating group) is 1. The van der Waals surface area contributed by atoms with Gasteiger partial charge in [-0.2, -0.15) is 0 Å². The van der Waals surface area contributed by atoms with Crippen LogP contribution in [0.25, 0.3) is 0 Å². The van der Waals surface area contributed by atoms with E-state index in [0.717, 1.165) is 12.8 Å². The van der Waals surface area contributed by atoms with E-state index in [2.05, 4.69) is 21.8 Å². The van der Waals surface area contributed by atoms with Crippen molar-refractivity contribution in [1.29, 1.82) is 0 Å². The molecule has 3 N–H and O–H groups in total. The SMILES string of the molecule is CNC(C)(CC(C)n1cnc2c1CCCC2)C(N)=O. The molecule has 1 aromatic rings. The smallest absolute Gasteiger partial charge is 0.237 e. The summed E-state index contributed by atoms with van der Waals surface area (Å²) in [4.78, 5) is 16.1. The van der Waals surface area contributed by atoms with Crippen molar-refractivity contribution in [3.63, 3.8) is 0 Å². The Morgan fingerprint density at radius 2 is 2.26 bits per heavy atom. The van der Waals surface area contributed by atoms with Gasteiger partial charge in [0.2, 0.25) is 5.91 Å². The summed E-state index contributed by atoms with van der Waals surface area (Å²) >= 11 is 0. The second-order valence-electron chi connectivity index (χ2n) is 5.75. The Bertz CT molecular complexity index is 468. The van der Waals surface area contributed by atoms with Crippen LogP contribution in [-0.4, -0.2) is 28.0 Å². The van der Waals surface area contributed by atoms with E-state index in [0.29, 0.717) is 6.42 Å². The zero-order chi connectivity index (χ0) is 14.0. The van der Waals surface area contributed by atoms with Crippen LogP contribution in [-0.2, 0) is 17.6 Å². The molecule has 2 unspecified atom stereocenters. The topological polar surface area (TPSA) is 72.9 Å². The number of imidazole rings is 1. The first-order valence-corrected chi connectivity index (χ1v) is 7.01. The number of amides is 1. The van der Waals surface area contributed by atoms with Crippen molar-refractivity contribution in [3.8, 4) is 0 Å². The van der Waals surface area contributed by atoms with E-state index >= 15 is 0 Å². The van der Waals surface area contributed by atoms with E-state index in [1.165, 1.54) is 24.2 Å². The molecule has 19 heavy (non-hydrogen) atoms. The number of hydrogen-bond donors (Lipinski definition) is 2. The summed E-state index contributed by atoms with van der Waals surface area (Å²) in [6.45, 7) is 3.98. The highest BCUT2D eigenvalue weighted by Crippen LogP contribution is 2.27. The molecule has 1 aromatic heterocycles. The van der Waals surface area contributed by atoms with Crippen LogP contribution in [0.4, 0.5) is 0 Å². The molecule has 1 aliphatic carbocycles. The summed E-state index contributed by atoms with van der Waals surface area (Å²) in [5.41, 5.74) is 7.38. The van der Waals surface area contributed by atoms with E-state index in [4.69, 9.17) is 5.73 Å². The van der Waals surface area contributed by atoms with Gasteiger partial charge >= 0.3 is 0 Å². The van der Waals surface area contributed by atoms with E-state index in [9.17, 15) is 4.79 Å². The van der Waals surface area contributed by atoms with Crippen LogP contribution >= 0.6 is 0 Å². The maximum Gasteiger partial charge on any atom is 0.237 e. The molecule has 0 radical (unpaired) electrons. The summed E-state index contributed by atoms with van der Waals surface area (Å²) in [6.07, 6.45) is 7.21. The van der Waals surface area contributed by atoms with Gasteiger partial charge in [0.1, 0.15) is 0 Å². The second kappa shape index (κ2) is 5.33. The normalized spacial score (nSPS) is 19.5. The number of aromatic nitrogens is 2. The molecule has 0 aliphatic heterocycles. The molecule has 0 aromatic carbocycles. The molecule has 2 rings (SSSR count). The largest absolute Gasteiger partial charge is 0.368 e. The molecule has 1 amide bonds. The lowest BCUT2D eigenvalue weighted by atomic mass is 9.92. The summed E-state index contributed by atoms with van der Waals surface area (Å²) in [7, 11) is 1.78. The standard InChI is InChI=1S/C14H24N4O/c1-10(8-14(2,16-3)13(15)19)18-9-17-11-6-4-5-7-12(11)18/h9-10,16H,4-8H2,1-3H3,(H2,15,19). The minimum atomic E-state index is -0.675. The lowest BCUT2D eigenvalue weighted by Crippen LogP contribution is -2.52. The van der Waals surface area contributed by atoms with Gasteiger partial charge in [0, 0.05) is 11.7 Å². The number of hydrogen-bond acceptors (Lipinski definition) is 3. The fourth-order valence-corrected chi connectivity index (χ4v) is 2.89. The highest BCUT2D eigenvalue weighted by atomic mass is 16.1. The zero-order valence-electron chi connectivity index (χ0n) is 12.1. The van der Waals surface area contributed by atoms with E-state index in [1.54, 1.807) is 7.05 Å². The predicted molar refractivity (Wildman–Crippen MR) is 74.9 cm³/mol.